The molecule has 4 atom stereocenters. The fraction of sp³-hybridized carbons (Fsp3) is 0.938. The summed E-state index contributed by atoms with van der Waals surface area (Å²) in [5, 5.41) is 7.43. The highest BCUT2D eigenvalue weighted by Crippen LogP contribution is 2.33. The van der Waals surface area contributed by atoms with Crippen LogP contribution < -0.4 is 10.6 Å². The van der Waals surface area contributed by atoms with Crippen LogP contribution in [-0.2, 0) is 9.53 Å². The second-order valence-electron chi connectivity index (χ2n) is 7.18. The summed E-state index contributed by atoms with van der Waals surface area (Å²) >= 11 is 0. The molecule has 2 saturated carbocycles. The second kappa shape index (κ2) is 5.86. The number of likely N-dealkylation sites (tertiary alicyclic amines) is 1. The summed E-state index contributed by atoms with van der Waals surface area (Å²) in [5.41, 5.74) is 0. The molecule has 1 amide bonds. The molecule has 0 radical (unpaired) electrons. The van der Waals surface area contributed by atoms with Gasteiger partial charge in [-0.15, -0.1) is 0 Å². The number of nitrogens with zero attached hydrogens (tertiary/aromatic N) is 1. The Balaban J connectivity index is 1.34. The van der Waals surface area contributed by atoms with Crippen LogP contribution in [0.4, 0.5) is 0 Å². The fourth-order valence-corrected chi connectivity index (χ4v) is 4.42. The van der Waals surface area contributed by atoms with E-state index < -0.39 is 0 Å². The predicted octanol–water partition coefficient (Wildman–Crippen LogP) is 0.496. The lowest BCUT2D eigenvalue weighted by Gasteiger charge is -2.34. The van der Waals surface area contributed by atoms with Gasteiger partial charge in [-0.3, -0.25) is 4.79 Å². The first-order chi connectivity index (χ1) is 10.3. The summed E-state index contributed by atoms with van der Waals surface area (Å²) in [7, 11) is 0. The SMILES string of the molecule is O=C1CC(NC2CCCC2C2COCCN2)CN1C1CC1. The van der Waals surface area contributed by atoms with Crippen molar-refractivity contribution in [3.8, 4) is 0 Å². The summed E-state index contributed by atoms with van der Waals surface area (Å²) in [5.74, 6) is 1.03. The van der Waals surface area contributed by atoms with Crippen LogP contribution in [0.25, 0.3) is 0 Å². The maximum absolute atomic E-state index is 12.1. The van der Waals surface area contributed by atoms with Crippen molar-refractivity contribution in [2.75, 3.05) is 26.3 Å². The largest absolute Gasteiger partial charge is 0.379 e. The molecule has 0 bridgehead atoms. The Morgan fingerprint density at radius 1 is 1.24 bits per heavy atom. The number of hydrogen-bond acceptors (Lipinski definition) is 4. The minimum atomic E-state index is 0.365. The number of carbonyl (C=O) groups is 1. The van der Waals surface area contributed by atoms with Crippen molar-refractivity contribution in [3.63, 3.8) is 0 Å². The minimum absolute atomic E-state index is 0.365. The topological polar surface area (TPSA) is 53.6 Å². The highest BCUT2D eigenvalue weighted by molar-refractivity contribution is 5.80. The van der Waals surface area contributed by atoms with Crippen molar-refractivity contribution in [1.29, 1.82) is 0 Å². The molecule has 118 valence electrons. The first-order valence-electron chi connectivity index (χ1n) is 8.68. The third-order valence-electron chi connectivity index (χ3n) is 5.63. The van der Waals surface area contributed by atoms with Gasteiger partial charge in [0.05, 0.1) is 13.2 Å². The van der Waals surface area contributed by atoms with Crippen molar-refractivity contribution in [2.45, 2.75) is 62.7 Å². The summed E-state index contributed by atoms with van der Waals surface area (Å²) in [6.07, 6.45) is 6.96. The van der Waals surface area contributed by atoms with Crippen LogP contribution in [0, 0.1) is 5.92 Å². The molecule has 0 aromatic rings. The van der Waals surface area contributed by atoms with Crippen LogP contribution in [0.3, 0.4) is 0 Å². The van der Waals surface area contributed by atoms with Gasteiger partial charge >= 0.3 is 0 Å². The standard InChI is InChI=1S/C16H27N3O2/c20-16-8-11(9-19(16)12-4-5-12)18-14-3-1-2-13(14)15-10-21-7-6-17-15/h11-15,17-18H,1-10H2. The van der Waals surface area contributed by atoms with Crippen LogP contribution in [0.2, 0.25) is 0 Å². The van der Waals surface area contributed by atoms with E-state index in [0.717, 1.165) is 26.3 Å². The van der Waals surface area contributed by atoms with Gasteiger partial charge in [-0.05, 0) is 31.6 Å². The van der Waals surface area contributed by atoms with Gasteiger partial charge in [0.2, 0.25) is 5.91 Å². The predicted molar refractivity (Wildman–Crippen MR) is 80.0 cm³/mol. The third kappa shape index (κ3) is 2.96. The summed E-state index contributed by atoms with van der Waals surface area (Å²) in [4.78, 5) is 14.2. The first kappa shape index (κ1) is 14.0. The number of morpholine rings is 1. The minimum Gasteiger partial charge on any atom is -0.379 e. The van der Waals surface area contributed by atoms with Gasteiger partial charge in [-0.2, -0.15) is 0 Å². The van der Waals surface area contributed by atoms with Crippen molar-refractivity contribution in [1.82, 2.24) is 15.5 Å². The third-order valence-corrected chi connectivity index (χ3v) is 5.63. The van der Waals surface area contributed by atoms with Crippen LogP contribution in [0.15, 0.2) is 0 Å². The molecule has 0 aromatic carbocycles. The molecule has 4 rings (SSSR count). The Hall–Kier alpha value is -0.650. The number of ether oxygens (including phenoxy) is 1. The lowest BCUT2D eigenvalue weighted by Crippen LogP contribution is -2.52. The normalized spacial score (nSPS) is 41.0. The molecule has 0 aromatic heterocycles. The van der Waals surface area contributed by atoms with Crippen LogP contribution in [-0.4, -0.2) is 61.3 Å². The smallest absolute Gasteiger partial charge is 0.224 e. The molecule has 2 N–H and O–H groups in total. The Morgan fingerprint density at radius 3 is 2.90 bits per heavy atom. The van der Waals surface area contributed by atoms with E-state index in [1.165, 1.54) is 32.1 Å². The molecule has 5 nitrogen and oxygen atoms in total. The number of amides is 1. The molecule has 21 heavy (non-hydrogen) atoms. The Labute approximate surface area is 126 Å². The van der Waals surface area contributed by atoms with E-state index in [-0.39, 0.29) is 0 Å². The zero-order chi connectivity index (χ0) is 14.2. The zero-order valence-electron chi connectivity index (χ0n) is 12.7. The molecule has 4 unspecified atom stereocenters. The Bertz CT molecular complexity index is 393. The molecule has 4 aliphatic rings. The molecule has 2 aliphatic carbocycles. The Kier molecular flexibility index (Phi) is 3.90. The first-order valence-corrected chi connectivity index (χ1v) is 8.68. The van der Waals surface area contributed by atoms with Gasteiger partial charge in [0, 0.05) is 43.7 Å². The number of rotatable bonds is 4. The molecule has 5 heteroatoms. The quantitative estimate of drug-likeness (QED) is 0.792. The van der Waals surface area contributed by atoms with Crippen molar-refractivity contribution in [3.05, 3.63) is 0 Å². The van der Waals surface area contributed by atoms with Crippen molar-refractivity contribution in [2.24, 2.45) is 5.92 Å². The van der Waals surface area contributed by atoms with Gasteiger partial charge in [-0.25, -0.2) is 0 Å². The molecule has 2 saturated heterocycles. The van der Waals surface area contributed by atoms with E-state index in [1.807, 2.05) is 0 Å². The maximum Gasteiger partial charge on any atom is 0.224 e. The second-order valence-corrected chi connectivity index (χ2v) is 7.18. The van der Waals surface area contributed by atoms with E-state index in [9.17, 15) is 4.79 Å². The van der Waals surface area contributed by atoms with E-state index in [4.69, 9.17) is 4.74 Å². The number of hydrogen-bond donors (Lipinski definition) is 2. The van der Waals surface area contributed by atoms with E-state index in [2.05, 4.69) is 15.5 Å². The molecular weight excluding hydrogens is 266 g/mol. The van der Waals surface area contributed by atoms with Gasteiger partial charge in [0.15, 0.2) is 0 Å². The molecule has 4 fully saturated rings. The summed E-state index contributed by atoms with van der Waals surface area (Å²) < 4.78 is 5.63. The van der Waals surface area contributed by atoms with Crippen molar-refractivity contribution >= 4 is 5.91 Å². The highest BCUT2D eigenvalue weighted by atomic mass is 16.5. The van der Waals surface area contributed by atoms with Crippen LogP contribution in [0.5, 0.6) is 0 Å². The average molecular weight is 293 g/mol. The highest BCUT2D eigenvalue weighted by Gasteiger charge is 2.42. The lowest BCUT2D eigenvalue weighted by molar-refractivity contribution is -0.128. The van der Waals surface area contributed by atoms with E-state index >= 15 is 0 Å². The van der Waals surface area contributed by atoms with Crippen LogP contribution in [0.1, 0.15) is 38.5 Å². The molecule has 2 heterocycles. The maximum atomic E-state index is 12.1. The van der Waals surface area contributed by atoms with Gasteiger partial charge in [0.25, 0.3) is 0 Å². The van der Waals surface area contributed by atoms with Gasteiger partial charge in [0.1, 0.15) is 0 Å². The molecule has 0 spiro atoms. The molecule has 2 aliphatic heterocycles. The van der Waals surface area contributed by atoms with E-state index in [1.54, 1.807) is 0 Å². The van der Waals surface area contributed by atoms with Crippen LogP contribution >= 0.6 is 0 Å². The van der Waals surface area contributed by atoms with Gasteiger partial charge < -0.3 is 20.3 Å². The Morgan fingerprint density at radius 2 is 2.14 bits per heavy atom. The summed E-state index contributed by atoms with van der Waals surface area (Å²) in [6.45, 7) is 3.60. The number of carbonyl (C=O) groups excluding carboxylic acids is 1. The monoisotopic (exact) mass is 293 g/mol. The van der Waals surface area contributed by atoms with Crippen molar-refractivity contribution < 1.29 is 9.53 Å². The zero-order valence-corrected chi connectivity index (χ0v) is 12.7. The summed E-state index contributed by atoms with van der Waals surface area (Å²) in [6, 6.07) is 1.99. The number of nitrogens with one attached hydrogen (secondary N) is 2. The molecular formula is C16H27N3O2. The van der Waals surface area contributed by atoms with Gasteiger partial charge in [-0.1, -0.05) is 6.42 Å². The fourth-order valence-electron chi connectivity index (χ4n) is 4.42. The lowest BCUT2D eigenvalue weighted by atomic mass is 9.93. The van der Waals surface area contributed by atoms with E-state index in [0.29, 0.717) is 42.4 Å². The average Bonchev–Trinajstić information content (AvgIpc) is 3.13.